The molecule has 138 valence electrons. The van der Waals surface area contributed by atoms with E-state index >= 15 is 0 Å². The quantitative estimate of drug-likeness (QED) is 0.619. The summed E-state index contributed by atoms with van der Waals surface area (Å²) in [7, 11) is 0. The molecule has 2 aromatic carbocycles. The van der Waals surface area contributed by atoms with Crippen LogP contribution in [0.4, 0.5) is 11.4 Å². The Bertz CT molecular complexity index is 781. The van der Waals surface area contributed by atoms with Crippen LogP contribution < -0.4 is 16.0 Å². The first-order chi connectivity index (χ1) is 12.5. The molecule has 0 saturated carbocycles. The van der Waals surface area contributed by atoms with Crippen molar-refractivity contribution in [3.8, 4) is 0 Å². The second-order valence-corrected chi connectivity index (χ2v) is 6.55. The lowest BCUT2D eigenvalue weighted by Gasteiger charge is -2.11. The number of hydrogen-bond donors (Lipinski definition) is 3. The summed E-state index contributed by atoms with van der Waals surface area (Å²) in [6.07, 6.45) is 1.20. The average molecular weight is 394 g/mol. The first-order valence-corrected chi connectivity index (χ1v) is 9.08. The lowest BCUT2D eigenvalue weighted by molar-refractivity contribution is -0.116. The van der Waals surface area contributed by atoms with Crippen LogP contribution in [-0.4, -0.2) is 18.4 Å². The Balaban J connectivity index is 1.89. The molecule has 2 aromatic rings. The molecule has 2 amide bonds. The molecule has 0 aliphatic rings. The second-order valence-electron chi connectivity index (χ2n) is 5.74. The van der Waals surface area contributed by atoms with E-state index in [9.17, 15) is 9.59 Å². The van der Waals surface area contributed by atoms with Crippen LogP contribution in [0, 0.1) is 0 Å². The van der Waals surface area contributed by atoms with E-state index in [1.807, 2.05) is 25.1 Å². The van der Waals surface area contributed by atoms with Gasteiger partial charge < -0.3 is 16.0 Å². The monoisotopic (exact) mass is 393 g/mol. The van der Waals surface area contributed by atoms with E-state index in [1.165, 1.54) is 0 Å². The first-order valence-electron chi connectivity index (χ1n) is 8.33. The van der Waals surface area contributed by atoms with Crippen molar-refractivity contribution in [1.82, 2.24) is 5.32 Å². The van der Waals surface area contributed by atoms with Gasteiger partial charge >= 0.3 is 0 Å². The highest BCUT2D eigenvalue weighted by Gasteiger charge is 2.09. The maximum Gasteiger partial charge on any atom is 0.238 e. The van der Waals surface area contributed by atoms with Crippen LogP contribution in [0.1, 0.15) is 25.3 Å². The smallest absolute Gasteiger partial charge is 0.238 e. The number of rotatable bonds is 8. The Morgan fingerprint density at radius 3 is 2.46 bits per heavy atom. The molecule has 26 heavy (non-hydrogen) atoms. The third-order valence-electron chi connectivity index (χ3n) is 3.56. The predicted molar refractivity (Wildman–Crippen MR) is 107 cm³/mol. The first kappa shape index (κ1) is 20.2. The molecule has 3 N–H and O–H groups in total. The zero-order chi connectivity index (χ0) is 18.9. The summed E-state index contributed by atoms with van der Waals surface area (Å²) in [4.78, 5) is 23.8. The molecular formula is C19H21Cl2N3O2. The molecule has 0 aromatic heterocycles. The van der Waals surface area contributed by atoms with Crippen LogP contribution in [0.25, 0.3) is 0 Å². The molecule has 5 nitrogen and oxygen atoms in total. The summed E-state index contributed by atoms with van der Waals surface area (Å²) in [6.45, 7) is 2.52. The van der Waals surface area contributed by atoms with E-state index in [0.29, 0.717) is 34.4 Å². The lowest BCUT2D eigenvalue weighted by atomic mass is 10.2. The topological polar surface area (TPSA) is 70.2 Å². The van der Waals surface area contributed by atoms with Gasteiger partial charge in [-0.05, 0) is 36.2 Å². The fourth-order valence-electron chi connectivity index (χ4n) is 2.30. The highest BCUT2D eigenvalue weighted by Crippen LogP contribution is 2.25. The summed E-state index contributed by atoms with van der Waals surface area (Å²) in [5, 5.41) is 9.60. The summed E-state index contributed by atoms with van der Waals surface area (Å²) in [5.41, 5.74) is 1.96. The number of amides is 2. The van der Waals surface area contributed by atoms with Crippen molar-refractivity contribution < 1.29 is 9.59 Å². The molecular weight excluding hydrogens is 373 g/mol. The lowest BCUT2D eigenvalue weighted by Crippen LogP contribution is -2.28. The van der Waals surface area contributed by atoms with E-state index in [-0.39, 0.29) is 18.4 Å². The molecule has 0 atom stereocenters. The van der Waals surface area contributed by atoms with E-state index < -0.39 is 0 Å². The molecule has 0 saturated heterocycles. The molecule has 0 fully saturated rings. The molecule has 2 rings (SSSR count). The molecule has 0 radical (unpaired) electrons. The van der Waals surface area contributed by atoms with Gasteiger partial charge in [-0.3, -0.25) is 9.59 Å². The van der Waals surface area contributed by atoms with Crippen molar-refractivity contribution in [2.45, 2.75) is 26.3 Å². The van der Waals surface area contributed by atoms with Crippen LogP contribution >= 0.6 is 23.2 Å². The Morgan fingerprint density at radius 2 is 1.73 bits per heavy atom. The van der Waals surface area contributed by atoms with Crippen molar-refractivity contribution in [3.05, 3.63) is 58.1 Å². The van der Waals surface area contributed by atoms with Crippen molar-refractivity contribution in [2.24, 2.45) is 0 Å². The molecule has 0 aliphatic heterocycles. The maximum atomic E-state index is 12.1. The van der Waals surface area contributed by atoms with Gasteiger partial charge in [-0.15, -0.1) is 0 Å². The van der Waals surface area contributed by atoms with Gasteiger partial charge in [0, 0.05) is 23.7 Å². The standard InChI is InChI=1S/C19H21Cl2N3O2/c1-2-5-18(25)23-14-8-9-16(21)17(10-14)24-19(26)12-22-11-13-6-3-4-7-15(13)20/h3-4,6-10,22H,2,5,11-12H2,1H3,(H,23,25)(H,24,26). The van der Waals surface area contributed by atoms with Crippen LogP contribution in [0.15, 0.2) is 42.5 Å². The summed E-state index contributed by atoms with van der Waals surface area (Å²) >= 11 is 12.2. The van der Waals surface area contributed by atoms with E-state index in [0.717, 1.165) is 12.0 Å². The molecule has 0 spiro atoms. The van der Waals surface area contributed by atoms with Gasteiger partial charge in [0.25, 0.3) is 0 Å². The fourth-order valence-corrected chi connectivity index (χ4v) is 2.66. The number of halogens is 2. The van der Waals surface area contributed by atoms with Gasteiger partial charge in [0.2, 0.25) is 11.8 Å². The molecule has 0 unspecified atom stereocenters. The second kappa shape index (κ2) is 10.2. The third-order valence-corrected chi connectivity index (χ3v) is 4.26. The number of anilines is 2. The Labute approximate surface area is 163 Å². The predicted octanol–water partition coefficient (Wildman–Crippen LogP) is 4.46. The highest BCUT2D eigenvalue weighted by molar-refractivity contribution is 6.34. The van der Waals surface area contributed by atoms with Crippen molar-refractivity contribution in [1.29, 1.82) is 0 Å². The SMILES string of the molecule is CCCC(=O)Nc1ccc(Cl)c(NC(=O)CNCc2ccccc2Cl)c1. The van der Waals surface area contributed by atoms with E-state index in [4.69, 9.17) is 23.2 Å². The van der Waals surface area contributed by atoms with Crippen LogP contribution in [0.2, 0.25) is 10.0 Å². The summed E-state index contributed by atoms with van der Waals surface area (Å²) in [6, 6.07) is 12.4. The molecule has 0 heterocycles. The number of carbonyl (C=O) groups excluding carboxylic acids is 2. The number of benzene rings is 2. The zero-order valence-electron chi connectivity index (χ0n) is 14.4. The minimum Gasteiger partial charge on any atom is -0.326 e. The molecule has 0 bridgehead atoms. The van der Waals surface area contributed by atoms with Crippen molar-refractivity contribution >= 4 is 46.4 Å². The Morgan fingerprint density at radius 1 is 0.962 bits per heavy atom. The number of hydrogen-bond acceptors (Lipinski definition) is 3. The van der Waals surface area contributed by atoms with E-state index in [2.05, 4.69) is 16.0 Å². The molecule has 7 heteroatoms. The van der Waals surface area contributed by atoms with Gasteiger partial charge in [0.15, 0.2) is 0 Å². The fraction of sp³-hybridized carbons (Fsp3) is 0.263. The highest BCUT2D eigenvalue weighted by atomic mass is 35.5. The van der Waals surface area contributed by atoms with Gasteiger partial charge in [-0.2, -0.15) is 0 Å². The minimum absolute atomic E-state index is 0.0755. The van der Waals surface area contributed by atoms with Gasteiger partial charge in [0.05, 0.1) is 17.3 Å². The Hall–Kier alpha value is -2.08. The maximum absolute atomic E-state index is 12.1. The average Bonchev–Trinajstić information content (AvgIpc) is 2.60. The van der Waals surface area contributed by atoms with Gasteiger partial charge in [-0.25, -0.2) is 0 Å². The minimum atomic E-state index is -0.240. The zero-order valence-corrected chi connectivity index (χ0v) is 16.0. The van der Waals surface area contributed by atoms with Gasteiger partial charge in [-0.1, -0.05) is 48.3 Å². The third kappa shape index (κ3) is 6.33. The number of carbonyl (C=O) groups is 2. The normalized spacial score (nSPS) is 10.4. The largest absolute Gasteiger partial charge is 0.326 e. The summed E-state index contributed by atoms with van der Waals surface area (Å²) < 4.78 is 0. The van der Waals surface area contributed by atoms with Crippen LogP contribution in [-0.2, 0) is 16.1 Å². The van der Waals surface area contributed by atoms with Crippen molar-refractivity contribution in [3.63, 3.8) is 0 Å². The summed E-state index contributed by atoms with van der Waals surface area (Å²) in [5.74, 6) is -0.315. The van der Waals surface area contributed by atoms with E-state index in [1.54, 1.807) is 24.3 Å². The van der Waals surface area contributed by atoms with Crippen LogP contribution in [0.3, 0.4) is 0 Å². The van der Waals surface area contributed by atoms with Gasteiger partial charge in [0.1, 0.15) is 0 Å². The molecule has 0 aliphatic carbocycles. The number of nitrogens with one attached hydrogen (secondary N) is 3. The Kier molecular flexibility index (Phi) is 7.91. The van der Waals surface area contributed by atoms with Crippen molar-refractivity contribution in [2.75, 3.05) is 17.2 Å². The van der Waals surface area contributed by atoms with Crippen LogP contribution in [0.5, 0.6) is 0 Å².